The van der Waals surface area contributed by atoms with Crippen LogP contribution in [0.2, 0.25) is 0 Å². The number of aromatic nitrogens is 4. The molecule has 4 aromatic rings. The van der Waals surface area contributed by atoms with Crippen molar-refractivity contribution in [3.05, 3.63) is 82.4 Å². The largest absolute Gasteiger partial charge is 0.270 e. The van der Waals surface area contributed by atoms with Gasteiger partial charge in [0.15, 0.2) is 0 Å². The monoisotopic (exact) mass is 359 g/mol. The fourth-order valence-electron chi connectivity index (χ4n) is 2.70. The minimum atomic E-state index is -0.453. The number of hydrogen-bond acceptors (Lipinski definition) is 7. The summed E-state index contributed by atoms with van der Waals surface area (Å²) in [5.74, 6) is 0.327. The summed E-state index contributed by atoms with van der Waals surface area (Å²) >= 11 is 0. The van der Waals surface area contributed by atoms with Crippen molar-refractivity contribution in [2.45, 2.75) is 0 Å². The number of hydrogen-bond donors (Lipinski definition) is 1. The van der Waals surface area contributed by atoms with Crippen molar-refractivity contribution in [1.29, 1.82) is 0 Å². The lowest BCUT2D eigenvalue weighted by atomic mass is 10.1. The van der Waals surface area contributed by atoms with Gasteiger partial charge in [0.2, 0.25) is 0 Å². The van der Waals surface area contributed by atoms with E-state index in [-0.39, 0.29) is 5.69 Å². The van der Waals surface area contributed by atoms with E-state index in [1.807, 2.05) is 42.5 Å². The third-order valence-corrected chi connectivity index (χ3v) is 3.92. The van der Waals surface area contributed by atoms with Gasteiger partial charge in [0.25, 0.3) is 11.6 Å². The summed E-state index contributed by atoms with van der Waals surface area (Å²) in [6.07, 6.45) is 1.47. The van der Waals surface area contributed by atoms with Crippen molar-refractivity contribution < 1.29 is 4.92 Å². The van der Waals surface area contributed by atoms with Gasteiger partial charge in [-0.15, -0.1) is 0 Å². The van der Waals surface area contributed by atoms with Crippen LogP contribution in [0, 0.1) is 10.1 Å². The topological polar surface area (TPSA) is 111 Å². The Labute approximate surface area is 153 Å². The molecule has 1 heterocycles. The van der Waals surface area contributed by atoms with E-state index >= 15 is 0 Å². The lowest BCUT2D eigenvalue weighted by Crippen LogP contribution is -2.04. The minimum Gasteiger partial charge on any atom is -0.258 e. The standard InChI is InChI=1S/C18H13N7O2/c26-25(27)15-8-3-5-13(11-15)12-19-20-18-21-22-23-24(18)17-10-4-7-14-6-1-2-9-16(14)17/h1-12H,(H,20,21,23)/b19-12-. The molecule has 1 aromatic heterocycles. The molecule has 0 fully saturated rings. The van der Waals surface area contributed by atoms with Crippen molar-refractivity contribution in [3.8, 4) is 5.69 Å². The van der Waals surface area contributed by atoms with Crippen molar-refractivity contribution in [2.75, 3.05) is 5.43 Å². The van der Waals surface area contributed by atoms with Crippen molar-refractivity contribution in [2.24, 2.45) is 5.10 Å². The summed E-state index contributed by atoms with van der Waals surface area (Å²) < 4.78 is 1.55. The van der Waals surface area contributed by atoms with E-state index in [9.17, 15) is 10.1 Å². The van der Waals surface area contributed by atoms with Gasteiger partial charge in [0.1, 0.15) is 0 Å². The van der Waals surface area contributed by atoms with E-state index in [0.717, 1.165) is 16.5 Å². The number of hydrazone groups is 1. The number of fused-ring (bicyclic) bond motifs is 1. The first kappa shape index (κ1) is 16.3. The Hall–Kier alpha value is -4.14. The van der Waals surface area contributed by atoms with E-state index in [4.69, 9.17) is 0 Å². The second-order valence-electron chi connectivity index (χ2n) is 5.63. The number of non-ortho nitro benzene ring substituents is 1. The first-order valence-electron chi connectivity index (χ1n) is 8.02. The van der Waals surface area contributed by atoms with Crippen LogP contribution in [-0.4, -0.2) is 31.3 Å². The summed E-state index contributed by atoms with van der Waals surface area (Å²) in [6.45, 7) is 0. The lowest BCUT2D eigenvalue weighted by Gasteiger charge is -2.07. The van der Waals surface area contributed by atoms with E-state index in [2.05, 4.69) is 26.1 Å². The van der Waals surface area contributed by atoms with Crippen LogP contribution >= 0.6 is 0 Å². The zero-order valence-corrected chi connectivity index (χ0v) is 13.9. The molecule has 0 spiro atoms. The van der Waals surface area contributed by atoms with Crippen LogP contribution in [0.5, 0.6) is 0 Å². The fourth-order valence-corrected chi connectivity index (χ4v) is 2.70. The van der Waals surface area contributed by atoms with E-state index in [0.29, 0.717) is 11.5 Å². The maximum absolute atomic E-state index is 10.8. The first-order valence-corrected chi connectivity index (χ1v) is 8.02. The number of benzene rings is 3. The van der Waals surface area contributed by atoms with Gasteiger partial charge in [-0.25, -0.2) is 5.43 Å². The minimum absolute atomic E-state index is 0.000427. The Balaban J connectivity index is 1.61. The van der Waals surface area contributed by atoms with Gasteiger partial charge in [0.05, 0.1) is 16.8 Å². The summed E-state index contributed by atoms with van der Waals surface area (Å²) in [4.78, 5) is 10.4. The molecular formula is C18H13N7O2. The highest BCUT2D eigenvalue weighted by Crippen LogP contribution is 2.23. The summed E-state index contributed by atoms with van der Waals surface area (Å²) in [5, 5.41) is 28.7. The van der Waals surface area contributed by atoms with Gasteiger partial charge >= 0.3 is 0 Å². The van der Waals surface area contributed by atoms with Crippen LogP contribution in [-0.2, 0) is 0 Å². The second kappa shape index (κ2) is 7.00. The molecule has 9 nitrogen and oxygen atoms in total. The van der Waals surface area contributed by atoms with Crippen molar-refractivity contribution >= 4 is 28.6 Å². The summed E-state index contributed by atoms with van der Waals surface area (Å²) in [5.41, 5.74) is 4.18. The number of nitrogens with zero attached hydrogens (tertiary/aromatic N) is 6. The van der Waals surface area contributed by atoms with Crippen LogP contribution in [0.3, 0.4) is 0 Å². The van der Waals surface area contributed by atoms with Crippen LogP contribution in [0.15, 0.2) is 71.8 Å². The van der Waals surface area contributed by atoms with Gasteiger partial charge in [0, 0.05) is 23.1 Å². The van der Waals surface area contributed by atoms with Crippen molar-refractivity contribution in [1.82, 2.24) is 20.2 Å². The molecule has 0 radical (unpaired) electrons. The Morgan fingerprint density at radius 2 is 1.89 bits per heavy atom. The Bertz CT molecular complexity index is 1150. The number of anilines is 1. The predicted octanol–water partition coefficient (Wildman–Crippen LogP) is 3.17. The highest BCUT2D eigenvalue weighted by atomic mass is 16.6. The molecule has 132 valence electrons. The number of nitrogens with one attached hydrogen (secondary N) is 1. The van der Waals surface area contributed by atoms with Crippen LogP contribution < -0.4 is 5.43 Å². The predicted molar refractivity (Wildman–Crippen MR) is 101 cm³/mol. The molecule has 0 atom stereocenters. The molecule has 0 bridgehead atoms. The maximum Gasteiger partial charge on any atom is 0.270 e. The number of rotatable bonds is 5. The summed E-state index contributed by atoms with van der Waals surface area (Å²) in [7, 11) is 0. The second-order valence-corrected chi connectivity index (χ2v) is 5.63. The highest BCUT2D eigenvalue weighted by Gasteiger charge is 2.10. The molecular weight excluding hydrogens is 346 g/mol. The fraction of sp³-hybridized carbons (Fsp3) is 0. The van der Waals surface area contributed by atoms with E-state index < -0.39 is 4.92 Å². The molecule has 0 unspecified atom stereocenters. The van der Waals surface area contributed by atoms with Crippen LogP contribution in [0.1, 0.15) is 5.56 Å². The maximum atomic E-state index is 10.8. The molecule has 4 rings (SSSR count). The highest BCUT2D eigenvalue weighted by molar-refractivity contribution is 5.90. The molecule has 1 N–H and O–H groups in total. The zero-order valence-electron chi connectivity index (χ0n) is 13.9. The van der Waals surface area contributed by atoms with E-state index in [1.165, 1.54) is 18.3 Å². The van der Waals surface area contributed by atoms with Gasteiger partial charge in [-0.2, -0.15) is 9.78 Å². The molecule has 0 saturated heterocycles. The Kier molecular flexibility index (Phi) is 4.24. The van der Waals surface area contributed by atoms with Gasteiger partial charge in [-0.1, -0.05) is 53.6 Å². The van der Waals surface area contributed by atoms with Gasteiger partial charge in [-0.05, 0) is 21.9 Å². The number of nitro groups is 1. The number of nitro benzene ring substituents is 1. The average Bonchev–Trinajstić information content (AvgIpc) is 3.16. The molecule has 9 heteroatoms. The number of tetrazole rings is 1. The molecule has 0 saturated carbocycles. The van der Waals surface area contributed by atoms with Gasteiger partial charge < -0.3 is 0 Å². The zero-order chi connectivity index (χ0) is 18.6. The molecule has 27 heavy (non-hydrogen) atoms. The van der Waals surface area contributed by atoms with Crippen LogP contribution in [0.25, 0.3) is 16.5 Å². The van der Waals surface area contributed by atoms with Crippen LogP contribution in [0.4, 0.5) is 11.6 Å². The first-order chi connectivity index (χ1) is 13.2. The SMILES string of the molecule is O=[N+]([O-])c1cccc(/C=N\Nc2nnnn2-c2cccc3ccccc23)c1. The van der Waals surface area contributed by atoms with Gasteiger partial charge in [-0.3, -0.25) is 10.1 Å². The summed E-state index contributed by atoms with van der Waals surface area (Å²) in [6, 6.07) is 19.9. The molecule has 0 amide bonds. The molecule has 3 aromatic carbocycles. The Morgan fingerprint density at radius 3 is 2.78 bits per heavy atom. The average molecular weight is 359 g/mol. The molecule has 0 aliphatic rings. The molecule has 0 aliphatic carbocycles. The quantitative estimate of drug-likeness (QED) is 0.333. The normalized spacial score (nSPS) is 11.1. The smallest absolute Gasteiger partial charge is 0.258 e. The molecule has 0 aliphatic heterocycles. The third-order valence-electron chi connectivity index (χ3n) is 3.92. The van der Waals surface area contributed by atoms with E-state index in [1.54, 1.807) is 16.8 Å². The van der Waals surface area contributed by atoms with Crippen molar-refractivity contribution in [3.63, 3.8) is 0 Å². The lowest BCUT2D eigenvalue weighted by molar-refractivity contribution is -0.384. The Morgan fingerprint density at radius 1 is 1.07 bits per heavy atom. The third kappa shape index (κ3) is 3.33.